The van der Waals surface area contributed by atoms with Crippen LogP contribution in [0.2, 0.25) is 0 Å². The van der Waals surface area contributed by atoms with Gasteiger partial charge in [-0.1, -0.05) is 0 Å². The molecule has 0 aliphatic carbocycles. The fourth-order valence-electron chi connectivity index (χ4n) is 1.58. The van der Waals surface area contributed by atoms with E-state index in [2.05, 4.69) is 5.43 Å². The number of hydrogen-bond donors (Lipinski definition) is 10. The highest BCUT2D eigenvalue weighted by molar-refractivity contribution is 5.92. The second-order valence-corrected chi connectivity index (χ2v) is 5.32. The molecule has 12 N–H and O–H groups in total. The Morgan fingerprint density at radius 3 is 2.12 bits per heavy atom. The number of carbonyl (C=O) groups is 4. The predicted octanol–water partition coefficient (Wildman–Crippen LogP) is -5.38. The van der Waals surface area contributed by atoms with Gasteiger partial charge in [-0.3, -0.25) is 15.0 Å². The Kier molecular flexibility index (Phi) is 10.1. The summed E-state index contributed by atoms with van der Waals surface area (Å²) in [6.07, 6.45) is -3.60. The number of urea groups is 1. The van der Waals surface area contributed by atoms with Crippen molar-refractivity contribution in [2.75, 3.05) is 6.61 Å². The number of nitrogens with one attached hydrogen (secondary N) is 4. The molecule has 0 rings (SSSR count). The van der Waals surface area contributed by atoms with Gasteiger partial charge in [0.2, 0.25) is 5.91 Å². The number of aliphatic hydroxyl groups excluding tert-OH is 3. The number of carbonyl (C=O) groups excluding carboxylic acids is 3. The summed E-state index contributed by atoms with van der Waals surface area (Å²) in [6, 6.07) is -5.47. The largest absolute Gasteiger partial charge is 0.480 e. The molecule has 14 heteroatoms. The molecule has 0 aliphatic heterocycles. The van der Waals surface area contributed by atoms with E-state index >= 15 is 0 Å². The van der Waals surface area contributed by atoms with Crippen LogP contribution >= 0.6 is 0 Å². The lowest BCUT2D eigenvalue weighted by molar-refractivity contribution is -0.141. The maximum atomic E-state index is 12.0. The first-order valence-electron chi connectivity index (χ1n) is 7.35. The molecule has 5 unspecified atom stereocenters. The summed E-state index contributed by atoms with van der Waals surface area (Å²) in [7, 11) is 0. The molecule has 14 nitrogen and oxygen atoms in total. The maximum absolute atomic E-state index is 12.0. The lowest BCUT2D eigenvalue weighted by Gasteiger charge is -2.23. The number of primary amides is 1. The first-order valence-corrected chi connectivity index (χ1v) is 7.35. The second-order valence-electron chi connectivity index (χ2n) is 5.32. The lowest BCUT2D eigenvalue weighted by Crippen LogP contribution is -2.60. The number of carboxylic acids is 1. The van der Waals surface area contributed by atoms with Gasteiger partial charge in [0.15, 0.2) is 6.04 Å². The van der Waals surface area contributed by atoms with Crippen molar-refractivity contribution >= 4 is 23.8 Å². The third-order valence-corrected chi connectivity index (χ3v) is 3.02. The average molecular weight is 380 g/mol. The maximum Gasteiger partial charge on any atom is 0.328 e. The van der Waals surface area contributed by atoms with Gasteiger partial charge in [0.1, 0.15) is 12.3 Å². The molecule has 0 bridgehead atoms. The average Bonchev–Trinajstić information content (AvgIpc) is 2.54. The van der Waals surface area contributed by atoms with Crippen LogP contribution in [-0.2, 0) is 14.4 Å². The molecule has 0 spiro atoms. The Bertz CT molecular complexity index is 516. The Balaban J connectivity index is 4.87. The quantitative estimate of drug-likeness (QED) is 0.120. The zero-order valence-corrected chi connectivity index (χ0v) is 13.9. The summed E-state index contributed by atoms with van der Waals surface area (Å²) in [5.74, 6) is -3.48. The second kappa shape index (κ2) is 11.2. The highest BCUT2D eigenvalue weighted by atomic mass is 16.4. The van der Waals surface area contributed by atoms with Crippen LogP contribution in [0.25, 0.3) is 0 Å². The van der Waals surface area contributed by atoms with Gasteiger partial charge in [-0.2, -0.15) is 0 Å². The Morgan fingerprint density at radius 1 is 1.12 bits per heavy atom. The summed E-state index contributed by atoms with van der Waals surface area (Å²) in [6.45, 7) is 0.535. The SMILES string of the molecule is CC(O)C(NC(=O)NC(CC(N)=O)C(=O)NNC(O)C(N)CO)C(=O)O. The highest BCUT2D eigenvalue weighted by Crippen LogP contribution is 1.96. The van der Waals surface area contributed by atoms with Crippen LogP contribution in [0.3, 0.4) is 0 Å². The molecule has 0 aliphatic rings. The normalized spacial score (nSPS) is 16.5. The van der Waals surface area contributed by atoms with Crippen molar-refractivity contribution in [3.63, 3.8) is 0 Å². The van der Waals surface area contributed by atoms with E-state index in [1.54, 1.807) is 0 Å². The van der Waals surface area contributed by atoms with E-state index in [1.807, 2.05) is 16.1 Å². The summed E-state index contributed by atoms with van der Waals surface area (Å²) in [5, 5.41) is 40.3. The van der Waals surface area contributed by atoms with Gasteiger partial charge in [-0.25, -0.2) is 15.0 Å². The van der Waals surface area contributed by atoms with Gasteiger partial charge in [0.25, 0.3) is 5.91 Å². The number of aliphatic hydroxyl groups is 3. The number of hydrogen-bond acceptors (Lipinski definition) is 9. The number of nitrogens with two attached hydrogens (primary N) is 2. The van der Waals surface area contributed by atoms with Crippen molar-refractivity contribution < 1.29 is 39.6 Å². The summed E-state index contributed by atoms with van der Waals surface area (Å²) >= 11 is 0. The van der Waals surface area contributed by atoms with Gasteiger partial charge >= 0.3 is 12.0 Å². The summed E-state index contributed by atoms with van der Waals surface area (Å²) in [4.78, 5) is 45.7. The van der Waals surface area contributed by atoms with Gasteiger partial charge in [-0.05, 0) is 6.92 Å². The molecule has 0 aromatic rings. The van der Waals surface area contributed by atoms with Gasteiger partial charge in [0, 0.05) is 0 Å². The van der Waals surface area contributed by atoms with E-state index in [0.717, 1.165) is 6.92 Å². The van der Waals surface area contributed by atoms with Gasteiger partial charge in [0.05, 0.1) is 25.2 Å². The van der Waals surface area contributed by atoms with E-state index in [4.69, 9.17) is 21.7 Å². The minimum atomic E-state index is -1.66. The monoisotopic (exact) mass is 380 g/mol. The summed E-state index contributed by atoms with van der Waals surface area (Å²) in [5.41, 5.74) is 14.3. The molecule has 4 amide bonds. The minimum Gasteiger partial charge on any atom is -0.480 e. The van der Waals surface area contributed by atoms with E-state index in [1.165, 1.54) is 0 Å². The fraction of sp³-hybridized carbons (Fsp3) is 0.667. The van der Waals surface area contributed by atoms with Gasteiger partial charge in [-0.15, -0.1) is 0 Å². The Morgan fingerprint density at radius 2 is 1.69 bits per heavy atom. The number of amides is 4. The molecule has 0 heterocycles. The third kappa shape index (κ3) is 8.54. The molecule has 0 saturated heterocycles. The van der Waals surface area contributed by atoms with Crippen LogP contribution in [0.1, 0.15) is 13.3 Å². The number of aliphatic carboxylic acids is 1. The molecule has 0 aromatic heterocycles. The lowest BCUT2D eigenvalue weighted by atomic mass is 10.1. The van der Waals surface area contributed by atoms with Gasteiger partial charge < -0.3 is 42.5 Å². The van der Waals surface area contributed by atoms with E-state index in [-0.39, 0.29) is 0 Å². The zero-order valence-electron chi connectivity index (χ0n) is 13.9. The van der Waals surface area contributed by atoms with Crippen LogP contribution in [0.4, 0.5) is 4.79 Å². The van der Waals surface area contributed by atoms with Crippen molar-refractivity contribution in [2.24, 2.45) is 11.5 Å². The molecule has 0 fully saturated rings. The minimum absolute atomic E-state index is 0.592. The molecule has 26 heavy (non-hydrogen) atoms. The number of rotatable bonds is 11. The van der Waals surface area contributed by atoms with Crippen molar-refractivity contribution in [3.8, 4) is 0 Å². The van der Waals surface area contributed by atoms with E-state index < -0.39 is 67.3 Å². The summed E-state index contributed by atoms with van der Waals surface area (Å²) < 4.78 is 0. The molecule has 5 atom stereocenters. The topological polar surface area (TPSA) is 249 Å². The molecule has 0 radical (unpaired) electrons. The van der Waals surface area contributed by atoms with Crippen molar-refractivity contribution in [1.82, 2.24) is 21.5 Å². The smallest absolute Gasteiger partial charge is 0.328 e. The highest BCUT2D eigenvalue weighted by Gasteiger charge is 2.28. The van der Waals surface area contributed by atoms with Crippen LogP contribution in [-0.4, -0.2) is 81.3 Å². The first kappa shape index (κ1) is 23.5. The first-order chi connectivity index (χ1) is 12.0. The zero-order chi connectivity index (χ0) is 20.4. The molecular weight excluding hydrogens is 356 g/mol. The van der Waals surface area contributed by atoms with Crippen molar-refractivity contribution in [1.29, 1.82) is 0 Å². The molecule has 0 aromatic carbocycles. The fourth-order valence-corrected chi connectivity index (χ4v) is 1.58. The Hall–Kier alpha value is -2.52. The van der Waals surface area contributed by atoms with Crippen molar-refractivity contribution in [3.05, 3.63) is 0 Å². The van der Waals surface area contributed by atoms with Crippen molar-refractivity contribution in [2.45, 2.75) is 43.8 Å². The third-order valence-electron chi connectivity index (χ3n) is 3.02. The number of hydrazine groups is 1. The van der Waals surface area contributed by atoms with Crippen LogP contribution in [0.15, 0.2) is 0 Å². The van der Waals surface area contributed by atoms with Crippen LogP contribution in [0.5, 0.6) is 0 Å². The number of carboxylic acid groups (broad SMARTS) is 1. The standard InChI is InChI=1S/C12H24N6O8/c1-4(20)8(11(24)25)16-12(26)15-6(2-7(14)21)10(23)18-17-9(22)5(13)3-19/h4-6,8-9,17,19-20,22H,2-3,13H2,1H3,(H2,14,21)(H,18,23)(H,24,25)(H2,15,16,26). The van der Waals surface area contributed by atoms with E-state index in [9.17, 15) is 29.4 Å². The van der Waals surface area contributed by atoms with E-state index in [0.29, 0.717) is 0 Å². The molecular formula is C12H24N6O8. The van der Waals surface area contributed by atoms with Crippen LogP contribution in [0, 0.1) is 0 Å². The Labute approximate surface area is 147 Å². The molecule has 0 saturated carbocycles. The molecule has 150 valence electrons. The van der Waals surface area contributed by atoms with Crippen LogP contribution < -0.4 is 33.0 Å². The predicted molar refractivity (Wildman–Crippen MR) is 84.7 cm³/mol.